The van der Waals surface area contributed by atoms with Gasteiger partial charge in [-0.3, -0.25) is 0 Å². The molecule has 1 heterocycles. The predicted molar refractivity (Wildman–Crippen MR) is 81.8 cm³/mol. The van der Waals surface area contributed by atoms with Crippen LogP contribution in [0.4, 0.5) is 0 Å². The van der Waals surface area contributed by atoms with Crippen LogP contribution in [0.5, 0.6) is 0 Å². The van der Waals surface area contributed by atoms with E-state index in [0.29, 0.717) is 15.6 Å². The molecule has 2 aromatic rings. The average molecular weight is 308 g/mol. The van der Waals surface area contributed by atoms with E-state index in [0.717, 1.165) is 16.2 Å². The summed E-state index contributed by atoms with van der Waals surface area (Å²) in [4.78, 5) is 5.42. The highest BCUT2D eigenvalue weighted by atomic mass is 35.5. The van der Waals surface area contributed by atoms with Crippen molar-refractivity contribution in [1.82, 2.24) is 4.98 Å². The molecule has 0 bridgehead atoms. The predicted octanol–water partition coefficient (Wildman–Crippen LogP) is 3.60. The third kappa shape index (κ3) is 3.23. The van der Waals surface area contributed by atoms with Crippen molar-refractivity contribution >= 4 is 29.2 Å². The molecule has 0 unspecified atom stereocenters. The van der Waals surface area contributed by atoms with Gasteiger partial charge in [-0.25, -0.2) is 4.98 Å². The molecule has 0 atom stereocenters. The Morgan fingerprint density at radius 1 is 1.35 bits per heavy atom. The van der Waals surface area contributed by atoms with Crippen LogP contribution in [0, 0.1) is 13.8 Å². The molecule has 0 aliphatic rings. The fraction of sp³-hybridized carbons (Fsp3) is 0.143. The number of aromatic nitrogens is 1. The lowest BCUT2D eigenvalue weighted by molar-refractivity contribution is 0.318. The molecule has 1 aromatic carbocycles. The minimum Gasteiger partial charge on any atom is -0.409 e. The van der Waals surface area contributed by atoms with Gasteiger partial charge in [0.25, 0.3) is 0 Å². The number of nitrogens with two attached hydrogens (primary N) is 1. The Labute approximate surface area is 126 Å². The fourth-order valence-electron chi connectivity index (χ4n) is 1.88. The molecule has 104 valence electrons. The van der Waals surface area contributed by atoms with E-state index in [1.54, 1.807) is 0 Å². The summed E-state index contributed by atoms with van der Waals surface area (Å²) in [7, 11) is 0. The van der Waals surface area contributed by atoms with Gasteiger partial charge in [-0.05, 0) is 43.7 Å². The molecule has 0 fully saturated rings. The van der Waals surface area contributed by atoms with Crippen LogP contribution in [0.25, 0.3) is 0 Å². The van der Waals surface area contributed by atoms with Crippen molar-refractivity contribution in [3.05, 3.63) is 52.2 Å². The van der Waals surface area contributed by atoms with Gasteiger partial charge >= 0.3 is 0 Å². The minimum absolute atomic E-state index is 0.0551. The largest absolute Gasteiger partial charge is 0.409 e. The zero-order valence-corrected chi connectivity index (χ0v) is 12.7. The monoisotopic (exact) mass is 307 g/mol. The number of hydrogen-bond donors (Lipinski definition) is 2. The summed E-state index contributed by atoms with van der Waals surface area (Å²) in [5.74, 6) is 0.0551. The second kappa shape index (κ2) is 6.15. The maximum atomic E-state index is 8.92. The topological polar surface area (TPSA) is 71.5 Å². The molecule has 0 saturated heterocycles. The van der Waals surface area contributed by atoms with E-state index in [2.05, 4.69) is 10.1 Å². The van der Waals surface area contributed by atoms with Crippen LogP contribution < -0.4 is 5.73 Å². The van der Waals surface area contributed by atoms with Gasteiger partial charge in [0.05, 0.1) is 5.56 Å². The third-order valence-electron chi connectivity index (χ3n) is 2.69. The second-order valence-corrected chi connectivity index (χ2v) is 5.80. The lowest BCUT2D eigenvalue weighted by Crippen LogP contribution is -2.17. The first-order valence-corrected chi connectivity index (χ1v) is 7.10. The summed E-state index contributed by atoms with van der Waals surface area (Å²) in [6.07, 6.45) is 0. The van der Waals surface area contributed by atoms with Crippen LogP contribution in [0.2, 0.25) is 5.02 Å². The molecular formula is C14H14ClN3OS. The van der Waals surface area contributed by atoms with Crippen molar-refractivity contribution in [2.45, 2.75) is 23.8 Å². The van der Waals surface area contributed by atoms with Gasteiger partial charge in [-0.2, -0.15) is 0 Å². The fourth-order valence-corrected chi connectivity index (χ4v) is 3.25. The van der Waals surface area contributed by atoms with Crippen molar-refractivity contribution in [1.29, 1.82) is 0 Å². The molecular weight excluding hydrogens is 294 g/mol. The van der Waals surface area contributed by atoms with Gasteiger partial charge in [0, 0.05) is 15.6 Å². The number of oxime groups is 1. The lowest BCUT2D eigenvalue weighted by atomic mass is 10.1. The summed E-state index contributed by atoms with van der Waals surface area (Å²) >= 11 is 7.41. The molecule has 20 heavy (non-hydrogen) atoms. The van der Waals surface area contributed by atoms with Crippen LogP contribution in [0.3, 0.4) is 0 Å². The molecule has 0 amide bonds. The molecule has 0 spiro atoms. The van der Waals surface area contributed by atoms with Crippen molar-refractivity contribution in [2.24, 2.45) is 10.9 Å². The van der Waals surface area contributed by atoms with Crippen LogP contribution in [0.15, 0.2) is 45.4 Å². The van der Waals surface area contributed by atoms with E-state index < -0.39 is 0 Å². The Hall–Kier alpha value is -1.72. The normalized spacial score (nSPS) is 11.7. The number of nitrogens with zero attached hydrogens (tertiary/aromatic N) is 2. The summed E-state index contributed by atoms with van der Waals surface area (Å²) in [5, 5.41) is 13.4. The molecule has 3 N–H and O–H groups in total. The summed E-state index contributed by atoms with van der Waals surface area (Å²) in [6, 6.07) is 9.37. The number of aryl methyl sites for hydroxylation is 2. The molecule has 0 saturated carbocycles. The maximum Gasteiger partial charge on any atom is 0.173 e. The molecule has 0 aliphatic carbocycles. The van der Waals surface area contributed by atoms with Gasteiger partial charge in [-0.1, -0.05) is 34.6 Å². The van der Waals surface area contributed by atoms with E-state index in [-0.39, 0.29) is 5.84 Å². The molecule has 1 aromatic heterocycles. The SMILES string of the molecule is Cc1cc(C)c(C(N)=NO)c(Sc2cccc(Cl)c2)n1. The third-order valence-corrected chi connectivity index (χ3v) is 3.90. The highest BCUT2D eigenvalue weighted by Gasteiger charge is 2.14. The molecule has 6 heteroatoms. The standard InChI is InChI=1S/C14H14ClN3OS/c1-8-6-9(2)17-14(12(8)13(16)18-19)20-11-5-3-4-10(15)7-11/h3-7,19H,1-2H3,(H2,16,18). The number of pyridine rings is 1. The van der Waals surface area contributed by atoms with Crippen molar-refractivity contribution in [3.63, 3.8) is 0 Å². The smallest absolute Gasteiger partial charge is 0.173 e. The zero-order chi connectivity index (χ0) is 14.7. The quantitative estimate of drug-likeness (QED) is 0.393. The highest BCUT2D eigenvalue weighted by Crippen LogP contribution is 2.32. The number of amidine groups is 1. The Morgan fingerprint density at radius 3 is 2.75 bits per heavy atom. The van der Waals surface area contributed by atoms with E-state index >= 15 is 0 Å². The molecule has 4 nitrogen and oxygen atoms in total. The average Bonchev–Trinajstić information content (AvgIpc) is 2.37. The second-order valence-electron chi connectivity index (χ2n) is 4.31. The lowest BCUT2D eigenvalue weighted by Gasteiger charge is -2.11. The zero-order valence-electron chi connectivity index (χ0n) is 11.1. The van der Waals surface area contributed by atoms with Crippen molar-refractivity contribution < 1.29 is 5.21 Å². The van der Waals surface area contributed by atoms with E-state index in [1.165, 1.54) is 11.8 Å². The number of rotatable bonds is 3. The van der Waals surface area contributed by atoms with Crippen LogP contribution in [-0.4, -0.2) is 16.0 Å². The van der Waals surface area contributed by atoms with E-state index in [9.17, 15) is 0 Å². The summed E-state index contributed by atoms with van der Waals surface area (Å²) in [6.45, 7) is 3.81. The van der Waals surface area contributed by atoms with E-state index in [1.807, 2.05) is 44.2 Å². The van der Waals surface area contributed by atoms with Gasteiger partial charge in [-0.15, -0.1) is 0 Å². The van der Waals surface area contributed by atoms with Crippen LogP contribution in [0.1, 0.15) is 16.8 Å². The van der Waals surface area contributed by atoms with Crippen molar-refractivity contribution in [2.75, 3.05) is 0 Å². The first kappa shape index (κ1) is 14.7. The van der Waals surface area contributed by atoms with Gasteiger partial charge in [0.15, 0.2) is 5.84 Å². The first-order valence-electron chi connectivity index (χ1n) is 5.91. The summed E-state index contributed by atoms with van der Waals surface area (Å²) in [5.41, 5.74) is 8.18. The highest BCUT2D eigenvalue weighted by molar-refractivity contribution is 7.99. The number of halogens is 1. The Bertz CT molecular complexity index is 673. The number of benzene rings is 1. The Kier molecular flexibility index (Phi) is 4.52. The van der Waals surface area contributed by atoms with Gasteiger partial charge in [0.2, 0.25) is 0 Å². The van der Waals surface area contributed by atoms with Crippen LogP contribution >= 0.6 is 23.4 Å². The minimum atomic E-state index is 0.0551. The van der Waals surface area contributed by atoms with Gasteiger partial charge in [0.1, 0.15) is 5.03 Å². The molecule has 0 aliphatic heterocycles. The molecule has 2 rings (SSSR count). The Morgan fingerprint density at radius 2 is 2.10 bits per heavy atom. The first-order chi connectivity index (χ1) is 9.51. The summed E-state index contributed by atoms with van der Waals surface area (Å²) < 4.78 is 0. The number of hydrogen-bond acceptors (Lipinski definition) is 4. The Balaban J connectivity index is 2.50. The van der Waals surface area contributed by atoms with Crippen molar-refractivity contribution in [3.8, 4) is 0 Å². The molecule has 0 radical (unpaired) electrons. The van der Waals surface area contributed by atoms with E-state index in [4.69, 9.17) is 22.5 Å². The van der Waals surface area contributed by atoms with Crippen LogP contribution in [-0.2, 0) is 0 Å². The van der Waals surface area contributed by atoms with Gasteiger partial charge < -0.3 is 10.9 Å². The maximum absolute atomic E-state index is 8.92.